The lowest BCUT2D eigenvalue weighted by Crippen LogP contribution is -2.13. The lowest BCUT2D eigenvalue weighted by atomic mass is 10.1. The fraction of sp³-hybridized carbons (Fsp3) is 1.00. The molecule has 0 aliphatic carbocycles. The van der Waals surface area contributed by atoms with Crippen molar-refractivity contribution in [2.75, 3.05) is 6.61 Å². The highest BCUT2D eigenvalue weighted by Crippen LogP contribution is 2.13. The second-order valence-electron chi connectivity index (χ2n) is 4.48. The highest BCUT2D eigenvalue weighted by molar-refractivity contribution is 4.58. The molecule has 1 unspecified atom stereocenters. The van der Waals surface area contributed by atoms with Crippen LogP contribution >= 0.6 is 0 Å². The summed E-state index contributed by atoms with van der Waals surface area (Å²) in [5.74, 6) is 0. The van der Waals surface area contributed by atoms with E-state index in [2.05, 4.69) is 20.8 Å². The van der Waals surface area contributed by atoms with Crippen molar-refractivity contribution in [2.24, 2.45) is 0 Å². The Morgan fingerprint density at radius 2 is 1.47 bits per heavy atom. The van der Waals surface area contributed by atoms with Gasteiger partial charge in [0.2, 0.25) is 0 Å². The molecule has 0 aromatic carbocycles. The fourth-order valence-corrected chi connectivity index (χ4v) is 1.83. The van der Waals surface area contributed by atoms with Crippen LogP contribution in [0.1, 0.15) is 78.6 Å². The van der Waals surface area contributed by atoms with Gasteiger partial charge in [0.25, 0.3) is 0 Å². The Morgan fingerprint density at radius 3 is 2.07 bits per heavy atom. The van der Waals surface area contributed by atoms with Gasteiger partial charge in [-0.2, -0.15) is 0 Å². The molecule has 0 rings (SSSR count). The van der Waals surface area contributed by atoms with Crippen LogP contribution in [-0.2, 0) is 4.74 Å². The van der Waals surface area contributed by atoms with Gasteiger partial charge in [-0.1, -0.05) is 59.3 Å². The van der Waals surface area contributed by atoms with Crippen LogP contribution in [-0.4, -0.2) is 12.7 Å². The van der Waals surface area contributed by atoms with Gasteiger partial charge in [0, 0.05) is 6.61 Å². The minimum atomic E-state index is 0.540. The lowest BCUT2D eigenvalue weighted by Gasteiger charge is -2.16. The maximum Gasteiger partial charge on any atom is 0.0575 e. The van der Waals surface area contributed by atoms with Gasteiger partial charge in [-0.3, -0.25) is 0 Å². The Balaban J connectivity index is 3.44. The van der Waals surface area contributed by atoms with E-state index in [-0.39, 0.29) is 0 Å². The summed E-state index contributed by atoms with van der Waals surface area (Å²) in [4.78, 5) is 0. The van der Waals surface area contributed by atoms with Gasteiger partial charge in [0.1, 0.15) is 0 Å². The zero-order valence-corrected chi connectivity index (χ0v) is 11.1. The third-order valence-electron chi connectivity index (χ3n) is 2.84. The summed E-state index contributed by atoms with van der Waals surface area (Å²) in [5.41, 5.74) is 0. The van der Waals surface area contributed by atoms with Crippen LogP contribution in [0.25, 0.3) is 0 Å². The Morgan fingerprint density at radius 1 is 0.733 bits per heavy atom. The predicted octanol–water partition coefficient (Wildman–Crippen LogP) is 4.94. The molecular weight excluding hydrogens is 184 g/mol. The average Bonchev–Trinajstić information content (AvgIpc) is 2.24. The quantitative estimate of drug-likeness (QED) is 0.442. The molecule has 0 amide bonds. The molecule has 1 nitrogen and oxygen atoms in total. The monoisotopic (exact) mass is 214 g/mol. The number of rotatable bonds is 11. The smallest absolute Gasteiger partial charge is 0.0575 e. The molecule has 1 atom stereocenters. The van der Waals surface area contributed by atoms with Gasteiger partial charge in [-0.05, 0) is 19.3 Å². The molecule has 0 spiro atoms. The first kappa shape index (κ1) is 15.0. The predicted molar refractivity (Wildman–Crippen MR) is 68.3 cm³/mol. The Labute approximate surface area is 96.6 Å². The molecule has 0 saturated carbocycles. The molecule has 0 aliphatic heterocycles. The molecule has 1 heteroatoms. The van der Waals surface area contributed by atoms with Crippen molar-refractivity contribution >= 4 is 0 Å². The van der Waals surface area contributed by atoms with E-state index in [9.17, 15) is 0 Å². The van der Waals surface area contributed by atoms with E-state index in [1.165, 1.54) is 57.8 Å². The SMILES string of the molecule is CCCCCCC(CCC)OCCCC. The summed E-state index contributed by atoms with van der Waals surface area (Å²) >= 11 is 0. The zero-order chi connectivity index (χ0) is 11.4. The molecule has 15 heavy (non-hydrogen) atoms. The molecule has 0 aromatic heterocycles. The Kier molecular flexibility index (Phi) is 12.0. The molecule has 0 N–H and O–H groups in total. The topological polar surface area (TPSA) is 9.23 Å². The van der Waals surface area contributed by atoms with E-state index in [0.717, 1.165) is 6.61 Å². The van der Waals surface area contributed by atoms with Gasteiger partial charge in [-0.25, -0.2) is 0 Å². The fourth-order valence-electron chi connectivity index (χ4n) is 1.83. The molecule has 0 saturated heterocycles. The van der Waals surface area contributed by atoms with E-state index < -0.39 is 0 Å². The number of hydrogen-bond acceptors (Lipinski definition) is 1. The van der Waals surface area contributed by atoms with Crippen molar-refractivity contribution in [2.45, 2.75) is 84.7 Å². The second kappa shape index (κ2) is 12.0. The van der Waals surface area contributed by atoms with Crippen molar-refractivity contribution in [1.82, 2.24) is 0 Å². The first-order valence-corrected chi connectivity index (χ1v) is 6.96. The minimum Gasteiger partial charge on any atom is -0.378 e. The van der Waals surface area contributed by atoms with E-state index in [4.69, 9.17) is 4.74 Å². The maximum absolute atomic E-state index is 5.90. The van der Waals surface area contributed by atoms with Crippen molar-refractivity contribution in [1.29, 1.82) is 0 Å². The van der Waals surface area contributed by atoms with E-state index >= 15 is 0 Å². The molecule has 0 bridgehead atoms. The van der Waals surface area contributed by atoms with Crippen molar-refractivity contribution in [3.8, 4) is 0 Å². The van der Waals surface area contributed by atoms with Gasteiger partial charge < -0.3 is 4.74 Å². The highest BCUT2D eigenvalue weighted by Gasteiger charge is 2.06. The van der Waals surface area contributed by atoms with E-state index in [1.54, 1.807) is 0 Å². The van der Waals surface area contributed by atoms with Crippen LogP contribution in [0, 0.1) is 0 Å². The van der Waals surface area contributed by atoms with Gasteiger partial charge in [-0.15, -0.1) is 0 Å². The first-order valence-electron chi connectivity index (χ1n) is 6.96. The molecule has 92 valence electrons. The van der Waals surface area contributed by atoms with Gasteiger partial charge >= 0.3 is 0 Å². The molecular formula is C14H30O. The van der Waals surface area contributed by atoms with E-state index in [1.807, 2.05) is 0 Å². The minimum absolute atomic E-state index is 0.540. The van der Waals surface area contributed by atoms with Crippen LogP contribution in [0.2, 0.25) is 0 Å². The first-order chi connectivity index (χ1) is 7.35. The third-order valence-corrected chi connectivity index (χ3v) is 2.84. The van der Waals surface area contributed by atoms with Crippen LogP contribution in [0.4, 0.5) is 0 Å². The summed E-state index contributed by atoms with van der Waals surface area (Å²) in [7, 11) is 0. The number of hydrogen-bond donors (Lipinski definition) is 0. The second-order valence-corrected chi connectivity index (χ2v) is 4.48. The summed E-state index contributed by atoms with van der Waals surface area (Å²) in [6, 6.07) is 0. The van der Waals surface area contributed by atoms with Crippen LogP contribution in [0.5, 0.6) is 0 Å². The number of unbranched alkanes of at least 4 members (excludes halogenated alkanes) is 4. The highest BCUT2D eigenvalue weighted by atomic mass is 16.5. The summed E-state index contributed by atoms with van der Waals surface area (Å²) < 4.78 is 5.90. The molecule has 0 heterocycles. The average molecular weight is 214 g/mol. The van der Waals surface area contributed by atoms with Crippen LogP contribution in [0.3, 0.4) is 0 Å². The van der Waals surface area contributed by atoms with Gasteiger partial charge in [0.05, 0.1) is 6.10 Å². The van der Waals surface area contributed by atoms with E-state index in [0.29, 0.717) is 6.10 Å². The van der Waals surface area contributed by atoms with Crippen molar-refractivity contribution in [3.63, 3.8) is 0 Å². The summed E-state index contributed by atoms with van der Waals surface area (Å²) in [6.07, 6.45) is 12.2. The molecule has 0 fully saturated rings. The molecule has 0 radical (unpaired) electrons. The molecule has 0 aliphatic rings. The van der Waals surface area contributed by atoms with Gasteiger partial charge in [0.15, 0.2) is 0 Å². The normalized spacial score (nSPS) is 13.0. The standard InChI is InChI=1S/C14H30O/c1-4-7-9-10-12-14(11-6-3)15-13-8-5-2/h14H,4-13H2,1-3H3. The Hall–Kier alpha value is -0.0400. The third kappa shape index (κ3) is 10.2. The van der Waals surface area contributed by atoms with Crippen molar-refractivity contribution in [3.05, 3.63) is 0 Å². The largest absolute Gasteiger partial charge is 0.378 e. The summed E-state index contributed by atoms with van der Waals surface area (Å²) in [6.45, 7) is 7.71. The molecule has 0 aromatic rings. The zero-order valence-electron chi connectivity index (χ0n) is 11.1. The summed E-state index contributed by atoms with van der Waals surface area (Å²) in [5, 5.41) is 0. The lowest BCUT2D eigenvalue weighted by molar-refractivity contribution is 0.0377. The maximum atomic E-state index is 5.90. The van der Waals surface area contributed by atoms with Crippen molar-refractivity contribution < 1.29 is 4.74 Å². The van der Waals surface area contributed by atoms with Crippen LogP contribution in [0.15, 0.2) is 0 Å². The Bertz CT molecular complexity index is 112. The number of ether oxygens (including phenoxy) is 1. The van der Waals surface area contributed by atoms with Crippen LogP contribution < -0.4 is 0 Å².